The minimum absolute atomic E-state index is 0.00410. The average molecular weight is 403 g/mol. The minimum atomic E-state index is -0.0330. The lowest BCUT2D eigenvalue weighted by Crippen LogP contribution is -2.36. The summed E-state index contributed by atoms with van der Waals surface area (Å²) in [6.45, 7) is 2.92. The zero-order valence-electron chi connectivity index (χ0n) is 16.1. The van der Waals surface area contributed by atoms with Crippen molar-refractivity contribution in [1.82, 2.24) is 19.2 Å². The van der Waals surface area contributed by atoms with Crippen molar-refractivity contribution in [1.29, 1.82) is 0 Å². The number of hydrogen-bond donors (Lipinski definition) is 1. The Kier molecular flexibility index (Phi) is 5.99. The van der Waals surface area contributed by atoms with E-state index in [4.69, 9.17) is 11.6 Å². The van der Waals surface area contributed by atoms with Gasteiger partial charge in [0.15, 0.2) is 5.69 Å². The van der Waals surface area contributed by atoms with Crippen LogP contribution in [0.5, 0.6) is 0 Å². The van der Waals surface area contributed by atoms with E-state index in [-0.39, 0.29) is 18.6 Å². The smallest absolute Gasteiger partial charge is 0.274 e. The lowest BCUT2D eigenvalue weighted by molar-refractivity contribution is 0.0734. The average Bonchev–Trinajstić information content (AvgIpc) is 3.26. The fourth-order valence-corrected chi connectivity index (χ4v) is 4.31. The van der Waals surface area contributed by atoms with Crippen LogP contribution in [-0.4, -0.2) is 62.5 Å². The Balaban J connectivity index is 1.69. The monoisotopic (exact) mass is 402 g/mol. The molecule has 0 saturated carbocycles. The summed E-state index contributed by atoms with van der Waals surface area (Å²) in [6.07, 6.45) is 11.6. The molecular weight excluding hydrogens is 376 g/mol. The number of aliphatic hydroxyl groups excluding tert-OH is 1. The number of rotatable bonds is 4. The number of amides is 1. The third-order valence-corrected chi connectivity index (χ3v) is 5.96. The second-order valence-corrected chi connectivity index (χ2v) is 8.09. The second-order valence-electron chi connectivity index (χ2n) is 7.65. The maximum atomic E-state index is 13.4. The first-order valence-electron chi connectivity index (χ1n) is 10.1. The predicted molar refractivity (Wildman–Crippen MR) is 110 cm³/mol. The molecule has 7 heteroatoms. The molecule has 4 heterocycles. The van der Waals surface area contributed by atoms with E-state index in [2.05, 4.69) is 16.0 Å². The summed E-state index contributed by atoms with van der Waals surface area (Å²) >= 11 is 6.23. The number of fused-ring (bicyclic) bond motifs is 1. The molecule has 150 valence electrons. The van der Waals surface area contributed by atoms with Crippen LogP contribution in [0.15, 0.2) is 30.5 Å². The molecule has 0 aliphatic carbocycles. The number of nitrogens with zero attached hydrogens (tertiary/aromatic N) is 4. The quantitative estimate of drug-likeness (QED) is 0.798. The van der Waals surface area contributed by atoms with Crippen molar-refractivity contribution in [3.8, 4) is 0 Å². The molecule has 2 aromatic heterocycles. The van der Waals surface area contributed by atoms with Crippen LogP contribution in [0.2, 0.25) is 5.02 Å². The Bertz CT molecular complexity index is 871. The van der Waals surface area contributed by atoms with Crippen LogP contribution in [0.25, 0.3) is 5.65 Å². The Hall–Kier alpha value is -1.89. The molecule has 1 atom stereocenters. The second kappa shape index (κ2) is 8.64. The van der Waals surface area contributed by atoms with Crippen molar-refractivity contribution in [2.75, 3.05) is 26.2 Å². The van der Waals surface area contributed by atoms with Gasteiger partial charge in [0.25, 0.3) is 5.91 Å². The topological polar surface area (TPSA) is 61.1 Å². The summed E-state index contributed by atoms with van der Waals surface area (Å²) in [5.74, 6) is 0.00410. The number of aliphatic hydroxyl groups is 1. The van der Waals surface area contributed by atoms with Gasteiger partial charge in [-0.3, -0.25) is 9.69 Å². The number of pyridine rings is 1. The van der Waals surface area contributed by atoms with Crippen LogP contribution < -0.4 is 0 Å². The summed E-state index contributed by atoms with van der Waals surface area (Å²) in [5, 5.41) is 10.3. The molecule has 1 N–H and O–H groups in total. The molecule has 0 aromatic carbocycles. The van der Waals surface area contributed by atoms with Crippen LogP contribution in [0.1, 0.15) is 48.3 Å². The summed E-state index contributed by atoms with van der Waals surface area (Å²) in [6, 6.07) is 3.61. The SMILES string of the molecule is O=C(c1nc2ccc(Cl)cn2c1CN1CC=C[C@H]1CO)N1CCCCCCC1. The van der Waals surface area contributed by atoms with Crippen LogP contribution in [0.4, 0.5) is 0 Å². The lowest BCUT2D eigenvalue weighted by Gasteiger charge is -2.26. The standard InChI is InChI=1S/C21H27ClN4O2/c22-16-8-9-19-23-20(21(28)24-10-4-2-1-3-5-11-24)18(26(19)13-16)14-25-12-6-7-17(25)15-27/h6-9,13,17,27H,1-5,10-12,14-15H2/t17-/m0/s1. The van der Waals surface area contributed by atoms with E-state index < -0.39 is 0 Å². The van der Waals surface area contributed by atoms with Crippen molar-refractivity contribution in [2.24, 2.45) is 0 Å². The molecule has 2 aliphatic heterocycles. The Morgan fingerprint density at radius 2 is 1.93 bits per heavy atom. The predicted octanol–water partition coefficient (Wildman–Crippen LogP) is 3.13. The first kappa shape index (κ1) is 19.4. The number of carbonyl (C=O) groups is 1. The van der Waals surface area contributed by atoms with Crippen molar-refractivity contribution < 1.29 is 9.90 Å². The van der Waals surface area contributed by atoms with E-state index in [1.807, 2.05) is 27.6 Å². The van der Waals surface area contributed by atoms with E-state index in [1.165, 1.54) is 19.3 Å². The van der Waals surface area contributed by atoms with Gasteiger partial charge in [0, 0.05) is 32.4 Å². The molecule has 28 heavy (non-hydrogen) atoms. The zero-order valence-corrected chi connectivity index (χ0v) is 16.8. The number of likely N-dealkylation sites (tertiary alicyclic amines) is 1. The van der Waals surface area contributed by atoms with Gasteiger partial charge >= 0.3 is 0 Å². The summed E-state index contributed by atoms with van der Waals surface area (Å²) in [5.41, 5.74) is 2.07. The molecule has 0 bridgehead atoms. The molecule has 0 unspecified atom stereocenters. The largest absolute Gasteiger partial charge is 0.394 e. The van der Waals surface area contributed by atoms with Gasteiger partial charge in [-0.15, -0.1) is 0 Å². The van der Waals surface area contributed by atoms with Crippen LogP contribution >= 0.6 is 11.6 Å². The number of imidazole rings is 1. The van der Waals surface area contributed by atoms with Gasteiger partial charge in [-0.25, -0.2) is 4.98 Å². The highest BCUT2D eigenvalue weighted by molar-refractivity contribution is 6.30. The van der Waals surface area contributed by atoms with Crippen molar-refractivity contribution >= 4 is 23.2 Å². The molecule has 1 fully saturated rings. The first-order valence-corrected chi connectivity index (χ1v) is 10.5. The Morgan fingerprint density at radius 3 is 2.68 bits per heavy atom. The Labute approximate surface area is 170 Å². The molecule has 2 aliphatic rings. The van der Waals surface area contributed by atoms with Crippen LogP contribution in [0.3, 0.4) is 0 Å². The maximum absolute atomic E-state index is 13.4. The van der Waals surface area contributed by atoms with Gasteiger partial charge in [0.2, 0.25) is 0 Å². The highest BCUT2D eigenvalue weighted by Gasteiger charge is 2.28. The van der Waals surface area contributed by atoms with E-state index in [9.17, 15) is 9.90 Å². The molecule has 2 aromatic rings. The van der Waals surface area contributed by atoms with Gasteiger partial charge in [-0.1, -0.05) is 43.0 Å². The fourth-order valence-electron chi connectivity index (χ4n) is 4.15. The fraction of sp³-hybridized carbons (Fsp3) is 0.524. The Morgan fingerprint density at radius 1 is 1.18 bits per heavy atom. The zero-order chi connectivity index (χ0) is 19.5. The van der Waals surface area contributed by atoms with E-state index >= 15 is 0 Å². The number of halogens is 1. The van der Waals surface area contributed by atoms with Crippen molar-refractivity contribution in [3.63, 3.8) is 0 Å². The van der Waals surface area contributed by atoms with E-state index in [0.717, 1.165) is 43.8 Å². The van der Waals surface area contributed by atoms with Crippen molar-refractivity contribution in [3.05, 3.63) is 46.9 Å². The molecular formula is C21H27ClN4O2. The molecule has 1 amide bonds. The summed E-state index contributed by atoms with van der Waals surface area (Å²) in [7, 11) is 0. The van der Waals surface area contributed by atoms with E-state index in [1.54, 1.807) is 6.07 Å². The molecule has 6 nitrogen and oxygen atoms in total. The lowest BCUT2D eigenvalue weighted by atomic mass is 10.1. The van der Waals surface area contributed by atoms with Gasteiger partial charge in [0.1, 0.15) is 5.65 Å². The van der Waals surface area contributed by atoms with Crippen molar-refractivity contribution in [2.45, 2.75) is 44.7 Å². The summed E-state index contributed by atoms with van der Waals surface area (Å²) in [4.78, 5) is 22.2. The molecule has 1 saturated heterocycles. The highest BCUT2D eigenvalue weighted by Crippen LogP contribution is 2.23. The van der Waals surface area contributed by atoms with Crippen LogP contribution in [0, 0.1) is 0 Å². The van der Waals surface area contributed by atoms with Crippen LogP contribution in [-0.2, 0) is 6.54 Å². The number of aromatic nitrogens is 2. The third kappa shape index (κ3) is 3.95. The summed E-state index contributed by atoms with van der Waals surface area (Å²) < 4.78 is 1.92. The normalized spacial score (nSPS) is 21.2. The molecule has 0 radical (unpaired) electrons. The van der Waals surface area contributed by atoms with Gasteiger partial charge in [-0.2, -0.15) is 0 Å². The molecule has 4 rings (SSSR count). The number of hydrogen-bond acceptors (Lipinski definition) is 4. The minimum Gasteiger partial charge on any atom is -0.394 e. The van der Waals surface area contributed by atoms with E-state index in [0.29, 0.717) is 17.3 Å². The highest BCUT2D eigenvalue weighted by atomic mass is 35.5. The third-order valence-electron chi connectivity index (χ3n) is 5.73. The van der Waals surface area contributed by atoms with Gasteiger partial charge in [0.05, 0.1) is 23.4 Å². The van der Waals surface area contributed by atoms with Gasteiger partial charge < -0.3 is 14.4 Å². The molecule has 0 spiro atoms. The maximum Gasteiger partial charge on any atom is 0.274 e. The van der Waals surface area contributed by atoms with Gasteiger partial charge in [-0.05, 0) is 25.0 Å². The first-order chi connectivity index (χ1) is 13.7. The number of carbonyl (C=O) groups excluding carboxylic acids is 1.